The van der Waals surface area contributed by atoms with Crippen molar-refractivity contribution < 1.29 is 13.9 Å². The maximum Gasteiger partial charge on any atom is 0.161 e. The molecule has 0 aliphatic carbocycles. The van der Waals surface area contributed by atoms with Crippen LogP contribution in [0.2, 0.25) is 0 Å². The van der Waals surface area contributed by atoms with Crippen LogP contribution in [-0.4, -0.2) is 28.8 Å². The van der Waals surface area contributed by atoms with Gasteiger partial charge in [0.05, 0.1) is 31.8 Å². The van der Waals surface area contributed by atoms with Gasteiger partial charge in [-0.1, -0.05) is 0 Å². The van der Waals surface area contributed by atoms with Crippen molar-refractivity contribution in [3.8, 4) is 34.0 Å². The standard InChI is InChI=1S/C20H16FN3O2/c1-25-18-9-5-14(11-19(18)26-2)17-12-22-20-10-8-16(23-24(17)20)13-3-6-15(21)7-4-13/h3-12H,1-2H3. The third kappa shape index (κ3) is 2.75. The van der Waals surface area contributed by atoms with Gasteiger partial charge < -0.3 is 9.47 Å². The van der Waals surface area contributed by atoms with Gasteiger partial charge in [-0.3, -0.25) is 0 Å². The first kappa shape index (κ1) is 16.1. The van der Waals surface area contributed by atoms with E-state index < -0.39 is 0 Å². The third-order valence-electron chi connectivity index (χ3n) is 4.18. The van der Waals surface area contributed by atoms with Gasteiger partial charge in [0.15, 0.2) is 17.1 Å². The lowest BCUT2D eigenvalue weighted by molar-refractivity contribution is 0.355. The lowest BCUT2D eigenvalue weighted by atomic mass is 10.1. The van der Waals surface area contributed by atoms with Gasteiger partial charge in [-0.25, -0.2) is 13.9 Å². The van der Waals surface area contributed by atoms with Gasteiger partial charge in [0.1, 0.15) is 5.82 Å². The van der Waals surface area contributed by atoms with Crippen molar-refractivity contribution in [2.45, 2.75) is 0 Å². The molecule has 0 unspecified atom stereocenters. The zero-order valence-electron chi connectivity index (χ0n) is 14.3. The second kappa shape index (κ2) is 6.48. The Morgan fingerprint density at radius 3 is 2.31 bits per heavy atom. The van der Waals surface area contributed by atoms with Crippen molar-refractivity contribution in [2.24, 2.45) is 0 Å². The van der Waals surface area contributed by atoms with Crippen molar-refractivity contribution in [3.05, 3.63) is 66.6 Å². The fourth-order valence-corrected chi connectivity index (χ4v) is 2.84. The van der Waals surface area contributed by atoms with Crippen molar-refractivity contribution >= 4 is 5.65 Å². The van der Waals surface area contributed by atoms with E-state index in [0.717, 1.165) is 28.2 Å². The van der Waals surface area contributed by atoms with Crippen molar-refractivity contribution in [1.29, 1.82) is 0 Å². The molecule has 2 aromatic carbocycles. The molecule has 0 N–H and O–H groups in total. The Morgan fingerprint density at radius 2 is 1.58 bits per heavy atom. The summed E-state index contributed by atoms with van der Waals surface area (Å²) >= 11 is 0. The molecule has 0 bridgehead atoms. The highest BCUT2D eigenvalue weighted by atomic mass is 19.1. The largest absolute Gasteiger partial charge is 0.493 e. The van der Waals surface area contributed by atoms with Gasteiger partial charge >= 0.3 is 0 Å². The zero-order chi connectivity index (χ0) is 18.1. The summed E-state index contributed by atoms with van der Waals surface area (Å²) in [6.07, 6.45) is 1.76. The number of rotatable bonds is 4. The first-order valence-corrected chi connectivity index (χ1v) is 8.03. The van der Waals surface area contributed by atoms with Crippen molar-refractivity contribution in [2.75, 3.05) is 14.2 Å². The highest BCUT2D eigenvalue weighted by Gasteiger charge is 2.12. The van der Waals surface area contributed by atoms with Crippen LogP contribution in [-0.2, 0) is 0 Å². The van der Waals surface area contributed by atoms with Gasteiger partial charge in [0.25, 0.3) is 0 Å². The van der Waals surface area contributed by atoms with E-state index >= 15 is 0 Å². The minimum absolute atomic E-state index is 0.275. The highest BCUT2D eigenvalue weighted by molar-refractivity contribution is 5.68. The topological polar surface area (TPSA) is 48.7 Å². The number of aromatic nitrogens is 3. The SMILES string of the molecule is COc1ccc(-c2cnc3ccc(-c4ccc(F)cc4)nn23)cc1OC. The van der Waals surface area contributed by atoms with Crippen LogP contribution in [0.25, 0.3) is 28.2 Å². The van der Waals surface area contributed by atoms with Crippen LogP contribution < -0.4 is 9.47 Å². The highest BCUT2D eigenvalue weighted by Crippen LogP contribution is 2.32. The average Bonchev–Trinajstić information content (AvgIpc) is 3.11. The van der Waals surface area contributed by atoms with Crippen LogP contribution in [0.4, 0.5) is 4.39 Å². The molecule has 0 saturated heterocycles. The Balaban J connectivity index is 1.83. The van der Waals surface area contributed by atoms with Crippen molar-refractivity contribution in [3.63, 3.8) is 0 Å². The molecule has 0 spiro atoms. The Kier molecular flexibility index (Phi) is 4.01. The van der Waals surface area contributed by atoms with Crippen LogP contribution >= 0.6 is 0 Å². The molecule has 4 aromatic rings. The van der Waals surface area contributed by atoms with Crippen LogP contribution in [0.15, 0.2) is 60.8 Å². The molecule has 5 nitrogen and oxygen atoms in total. The molecule has 0 amide bonds. The predicted molar refractivity (Wildman–Crippen MR) is 96.9 cm³/mol. The summed E-state index contributed by atoms with van der Waals surface area (Å²) < 4.78 is 25.6. The summed E-state index contributed by atoms with van der Waals surface area (Å²) in [6.45, 7) is 0. The van der Waals surface area contributed by atoms with Gasteiger partial charge in [0, 0.05) is 11.1 Å². The molecule has 6 heteroatoms. The molecule has 0 aliphatic heterocycles. The number of ether oxygens (including phenoxy) is 2. The van der Waals surface area contributed by atoms with E-state index in [0.29, 0.717) is 11.5 Å². The number of halogens is 1. The van der Waals surface area contributed by atoms with Crippen LogP contribution in [0.3, 0.4) is 0 Å². The smallest absolute Gasteiger partial charge is 0.161 e. The Morgan fingerprint density at radius 1 is 0.846 bits per heavy atom. The molecule has 0 saturated carbocycles. The fraction of sp³-hybridized carbons (Fsp3) is 0.100. The van der Waals surface area contributed by atoms with E-state index in [1.54, 1.807) is 37.1 Å². The first-order valence-electron chi connectivity index (χ1n) is 8.03. The normalized spacial score (nSPS) is 10.9. The molecule has 0 fully saturated rings. The molecule has 4 rings (SSSR count). The van der Waals surface area contributed by atoms with E-state index in [1.165, 1.54) is 12.1 Å². The fourth-order valence-electron chi connectivity index (χ4n) is 2.84. The Labute approximate surface area is 149 Å². The van der Waals surface area contributed by atoms with Crippen molar-refractivity contribution in [1.82, 2.24) is 14.6 Å². The molecule has 2 aromatic heterocycles. The Bertz CT molecular complexity index is 1070. The third-order valence-corrected chi connectivity index (χ3v) is 4.18. The number of nitrogens with zero attached hydrogens (tertiary/aromatic N) is 3. The van der Waals surface area contributed by atoms with E-state index in [1.807, 2.05) is 30.3 Å². The number of hydrogen-bond acceptors (Lipinski definition) is 4. The molecule has 0 aliphatic rings. The summed E-state index contributed by atoms with van der Waals surface area (Å²) in [5, 5.41) is 4.67. The lowest BCUT2D eigenvalue weighted by Gasteiger charge is -2.09. The number of imidazole rings is 1. The minimum atomic E-state index is -0.275. The molecule has 0 radical (unpaired) electrons. The number of hydrogen-bond donors (Lipinski definition) is 0. The van der Waals surface area contributed by atoms with Gasteiger partial charge in [-0.05, 0) is 54.6 Å². The lowest BCUT2D eigenvalue weighted by Crippen LogP contribution is -1.97. The van der Waals surface area contributed by atoms with Crippen LogP contribution in [0.1, 0.15) is 0 Å². The average molecular weight is 349 g/mol. The predicted octanol–water partition coefficient (Wildman–Crippen LogP) is 4.22. The second-order valence-corrected chi connectivity index (χ2v) is 5.71. The van der Waals surface area contributed by atoms with E-state index in [2.05, 4.69) is 10.1 Å². The molecule has 0 atom stereocenters. The molecule has 130 valence electrons. The minimum Gasteiger partial charge on any atom is -0.493 e. The van der Waals surface area contributed by atoms with Gasteiger partial charge in [-0.2, -0.15) is 5.10 Å². The maximum atomic E-state index is 13.2. The monoisotopic (exact) mass is 349 g/mol. The quantitative estimate of drug-likeness (QED) is 0.553. The van der Waals surface area contributed by atoms with Gasteiger partial charge in [0.2, 0.25) is 0 Å². The number of benzene rings is 2. The summed E-state index contributed by atoms with van der Waals surface area (Å²) in [4.78, 5) is 4.41. The van der Waals surface area contributed by atoms with E-state index in [4.69, 9.17) is 9.47 Å². The van der Waals surface area contributed by atoms with E-state index in [9.17, 15) is 4.39 Å². The van der Waals surface area contributed by atoms with E-state index in [-0.39, 0.29) is 5.82 Å². The Hall–Kier alpha value is -3.41. The second-order valence-electron chi connectivity index (χ2n) is 5.71. The maximum absolute atomic E-state index is 13.2. The first-order chi connectivity index (χ1) is 12.7. The van der Waals surface area contributed by atoms with Gasteiger partial charge in [-0.15, -0.1) is 0 Å². The number of methoxy groups -OCH3 is 2. The van der Waals surface area contributed by atoms with Crippen LogP contribution in [0.5, 0.6) is 11.5 Å². The molecule has 26 heavy (non-hydrogen) atoms. The summed E-state index contributed by atoms with van der Waals surface area (Å²) in [6, 6.07) is 15.7. The summed E-state index contributed by atoms with van der Waals surface area (Å²) in [5.74, 6) is 1.02. The molecular weight excluding hydrogens is 333 g/mol. The summed E-state index contributed by atoms with van der Waals surface area (Å²) in [7, 11) is 3.20. The molecule has 2 heterocycles. The number of fused-ring (bicyclic) bond motifs is 1. The van der Waals surface area contributed by atoms with Crippen LogP contribution in [0, 0.1) is 5.82 Å². The zero-order valence-corrected chi connectivity index (χ0v) is 14.3. The summed E-state index contributed by atoms with van der Waals surface area (Å²) in [5.41, 5.74) is 4.02. The molecular formula is C20H16FN3O2.